The SMILES string of the molecule is O=C(CNCc1ccncn1)Nc1ccc(F)cc1. The Labute approximate surface area is 109 Å². The predicted octanol–water partition coefficient (Wildman–Crippen LogP) is 1.34. The molecule has 98 valence electrons. The summed E-state index contributed by atoms with van der Waals surface area (Å²) in [5.41, 5.74) is 1.37. The molecule has 19 heavy (non-hydrogen) atoms. The van der Waals surface area contributed by atoms with Gasteiger partial charge in [0.15, 0.2) is 0 Å². The van der Waals surface area contributed by atoms with Crippen LogP contribution in [0.5, 0.6) is 0 Å². The van der Waals surface area contributed by atoms with Crippen LogP contribution in [0.25, 0.3) is 0 Å². The molecule has 0 fully saturated rings. The topological polar surface area (TPSA) is 66.9 Å². The third kappa shape index (κ3) is 4.44. The van der Waals surface area contributed by atoms with Gasteiger partial charge < -0.3 is 10.6 Å². The summed E-state index contributed by atoms with van der Waals surface area (Å²) in [6.07, 6.45) is 3.10. The highest BCUT2D eigenvalue weighted by atomic mass is 19.1. The van der Waals surface area contributed by atoms with Gasteiger partial charge in [-0.15, -0.1) is 0 Å². The highest BCUT2D eigenvalue weighted by Gasteiger charge is 2.02. The molecule has 1 aromatic heterocycles. The van der Waals surface area contributed by atoms with Crippen molar-refractivity contribution in [3.05, 3.63) is 54.4 Å². The molecule has 0 saturated carbocycles. The molecule has 2 rings (SSSR count). The zero-order chi connectivity index (χ0) is 13.5. The maximum atomic E-state index is 12.7. The van der Waals surface area contributed by atoms with E-state index in [4.69, 9.17) is 0 Å². The number of halogens is 1. The van der Waals surface area contributed by atoms with E-state index in [0.717, 1.165) is 5.69 Å². The fourth-order valence-corrected chi connectivity index (χ4v) is 1.47. The Hall–Kier alpha value is -2.34. The molecule has 0 aliphatic heterocycles. The minimum absolute atomic E-state index is 0.154. The molecule has 2 aromatic rings. The van der Waals surface area contributed by atoms with Gasteiger partial charge in [-0.1, -0.05) is 0 Å². The Morgan fingerprint density at radius 1 is 1.21 bits per heavy atom. The zero-order valence-corrected chi connectivity index (χ0v) is 10.1. The van der Waals surface area contributed by atoms with Crippen LogP contribution in [0.1, 0.15) is 5.69 Å². The van der Waals surface area contributed by atoms with Gasteiger partial charge in [-0.05, 0) is 30.3 Å². The molecule has 6 heteroatoms. The summed E-state index contributed by atoms with van der Waals surface area (Å²) in [6.45, 7) is 0.640. The molecule has 5 nitrogen and oxygen atoms in total. The standard InChI is InChI=1S/C13H13FN4O/c14-10-1-3-11(4-2-10)18-13(19)8-16-7-12-5-6-15-9-17-12/h1-6,9,16H,7-8H2,(H,18,19). The normalized spacial score (nSPS) is 10.2. The van der Waals surface area contributed by atoms with Crippen LogP contribution in [-0.4, -0.2) is 22.4 Å². The molecule has 0 bridgehead atoms. The van der Waals surface area contributed by atoms with Crippen LogP contribution < -0.4 is 10.6 Å². The van der Waals surface area contributed by atoms with E-state index in [1.54, 1.807) is 12.3 Å². The van der Waals surface area contributed by atoms with Crippen LogP contribution in [-0.2, 0) is 11.3 Å². The predicted molar refractivity (Wildman–Crippen MR) is 68.8 cm³/mol. The van der Waals surface area contributed by atoms with E-state index in [9.17, 15) is 9.18 Å². The lowest BCUT2D eigenvalue weighted by Gasteiger charge is -2.06. The number of anilines is 1. The van der Waals surface area contributed by atoms with Gasteiger partial charge in [-0.3, -0.25) is 4.79 Å². The molecule has 0 spiro atoms. The number of nitrogens with zero attached hydrogens (tertiary/aromatic N) is 2. The first kappa shape index (κ1) is 13.1. The first-order chi connectivity index (χ1) is 9.24. The number of hydrogen-bond donors (Lipinski definition) is 2. The summed E-state index contributed by atoms with van der Waals surface area (Å²) in [4.78, 5) is 19.4. The second-order valence-electron chi connectivity index (χ2n) is 3.86. The van der Waals surface area contributed by atoms with Crippen LogP contribution in [0, 0.1) is 5.82 Å². The van der Waals surface area contributed by atoms with E-state index in [0.29, 0.717) is 12.2 Å². The van der Waals surface area contributed by atoms with Crippen molar-refractivity contribution in [2.24, 2.45) is 0 Å². The van der Waals surface area contributed by atoms with E-state index in [1.165, 1.54) is 30.6 Å². The van der Waals surface area contributed by atoms with Crippen molar-refractivity contribution in [3.8, 4) is 0 Å². The maximum absolute atomic E-state index is 12.7. The lowest BCUT2D eigenvalue weighted by Crippen LogP contribution is -2.28. The van der Waals surface area contributed by atoms with E-state index in [2.05, 4.69) is 20.6 Å². The lowest BCUT2D eigenvalue weighted by atomic mass is 10.3. The van der Waals surface area contributed by atoms with Gasteiger partial charge in [0.1, 0.15) is 12.1 Å². The second kappa shape index (κ2) is 6.55. The van der Waals surface area contributed by atoms with Gasteiger partial charge in [-0.25, -0.2) is 14.4 Å². The van der Waals surface area contributed by atoms with Crippen molar-refractivity contribution in [1.29, 1.82) is 0 Å². The smallest absolute Gasteiger partial charge is 0.238 e. The van der Waals surface area contributed by atoms with Crippen LogP contribution in [0.2, 0.25) is 0 Å². The van der Waals surface area contributed by atoms with Crippen molar-refractivity contribution in [2.45, 2.75) is 6.54 Å². The fraction of sp³-hybridized carbons (Fsp3) is 0.154. The molecule has 0 atom stereocenters. The zero-order valence-electron chi connectivity index (χ0n) is 10.1. The van der Waals surface area contributed by atoms with Crippen molar-refractivity contribution < 1.29 is 9.18 Å². The average Bonchev–Trinajstić information content (AvgIpc) is 2.43. The van der Waals surface area contributed by atoms with Crippen molar-refractivity contribution in [1.82, 2.24) is 15.3 Å². The molecule has 0 unspecified atom stereocenters. The average molecular weight is 260 g/mol. The number of aromatic nitrogens is 2. The minimum Gasteiger partial charge on any atom is -0.325 e. The van der Waals surface area contributed by atoms with Crippen molar-refractivity contribution in [3.63, 3.8) is 0 Å². The van der Waals surface area contributed by atoms with Gasteiger partial charge >= 0.3 is 0 Å². The molecule has 2 N–H and O–H groups in total. The number of benzene rings is 1. The Balaban J connectivity index is 1.74. The molecule has 1 aromatic carbocycles. The van der Waals surface area contributed by atoms with Gasteiger partial charge in [0.25, 0.3) is 0 Å². The van der Waals surface area contributed by atoms with Gasteiger partial charge in [-0.2, -0.15) is 0 Å². The number of nitrogens with one attached hydrogen (secondary N) is 2. The summed E-state index contributed by atoms with van der Waals surface area (Å²) in [5.74, 6) is -0.527. The van der Waals surface area contributed by atoms with Crippen molar-refractivity contribution in [2.75, 3.05) is 11.9 Å². The largest absolute Gasteiger partial charge is 0.325 e. The lowest BCUT2D eigenvalue weighted by molar-refractivity contribution is -0.115. The minimum atomic E-state index is -0.333. The van der Waals surface area contributed by atoms with E-state index in [-0.39, 0.29) is 18.3 Å². The maximum Gasteiger partial charge on any atom is 0.238 e. The Bertz CT molecular complexity index is 530. The summed E-state index contributed by atoms with van der Waals surface area (Å²) in [7, 11) is 0. The molecule has 1 heterocycles. The number of carbonyl (C=O) groups is 1. The highest BCUT2D eigenvalue weighted by molar-refractivity contribution is 5.92. The summed E-state index contributed by atoms with van der Waals surface area (Å²) in [6, 6.07) is 7.38. The molecular formula is C13H13FN4O. The van der Waals surface area contributed by atoms with Crippen LogP contribution in [0.4, 0.5) is 10.1 Å². The van der Waals surface area contributed by atoms with E-state index < -0.39 is 0 Å². The summed E-state index contributed by atoms with van der Waals surface area (Å²) in [5, 5.41) is 5.61. The van der Waals surface area contributed by atoms with Gasteiger partial charge in [0.2, 0.25) is 5.91 Å². The van der Waals surface area contributed by atoms with E-state index in [1.807, 2.05) is 0 Å². The molecular weight excluding hydrogens is 247 g/mol. The Kier molecular flexibility index (Phi) is 4.52. The monoisotopic (exact) mass is 260 g/mol. The van der Waals surface area contributed by atoms with E-state index >= 15 is 0 Å². The molecule has 0 aliphatic rings. The summed E-state index contributed by atoms with van der Waals surface area (Å²) < 4.78 is 12.7. The number of rotatable bonds is 5. The van der Waals surface area contributed by atoms with Crippen molar-refractivity contribution >= 4 is 11.6 Å². The summed E-state index contributed by atoms with van der Waals surface area (Å²) >= 11 is 0. The fourth-order valence-electron chi connectivity index (χ4n) is 1.47. The second-order valence-corrected chi connectivity index (χ2v) is 3.86. The Morgan fingerprint density at radius 3 is 2.68 bits per heavy atom. The van der Waals surface area contributed by atoms with Gasteiger partial charge in [0.05, 0.1) is 12.2 Å². The molecule has 0 aliphatic carbocycles. The quantitative estimate of drug-likeness (QED) is 0.851. The first-order valence-corrected chi connectivity index (χ1v) is 5.75. The number of amides is 1. The third-order valence-electron chi connectivity index (χ3n) is 2.36. The first-order valence-electron chi connectivity index (χ1n) is 5.75. The highest BCUT2D eigenvalue weighted by Crippen LogP contribution is 2.07. The molecule has 0 saturated heterocycles. The van der Waals surface area contributed by atoms with Crippen LogP contribution in [0.3, 0.4) is 0 Å². The number of carbonyl (C=O) groups excluding carboxylic acids is 1. The molecule has 1 amide bonds. The Morgan fingerprint density at radius 2 is 2.00 bits per heavy atom. The number of hydrogen-bond acceptors (Lipinski definition) is 4. The van der Waals surface area contributed by atoms with Gasteiger partial charge in [0, 0.05) is 18.4 Å². The molecule has 0 radical (unpaired) electrons. The third-order valence-corrected chi connectivity index (χ3v) is 2.36. The van der Waals surface area contributed by atoms with Crippen LogP contribution >= 0.6 is 0 Å². The van der Waals surface area contributed by atoms with Crippen LogP contribution in [0.15, 0.2) is 42.9 Å².